The number of carbonyl (C=O) groups excluding carboxylic acids is 1. The van der Waals surface area contributed by atoms with Gasteiger partial charge in [-0.05, 0) is 67.1 Å². The Kier molecular flexibility index (Phi) is 7.56. The van der Waals surface area contributed by atoms with Gasteiger partial charge in [0.15, 0.2) is 0 Å². The van der Waals surface area contributed by atoms with Crippen LogP contribution in [0.15, 0.2) is 72.8 Å². The van der Waals surface area contributed by atoms with Crippen molar-refractivity contribution in [3.05, 3.63) is 84.2 Å². The van der Waals surface area contributed by atoms with Crippen molar-refractivity contribution in [2.45, 2.75) is 31.6 Å². The average molecular weight is 498 g/mol. The Bertz CT molecular complexity index is 1320. The summed E-state index contributed by atoms with van der Waals surface area (Å²) < 4.78 is 46.1. The summed E-state index contributed by atoms with van der Waals surface area (Å²) in [5, 5.41) is 3.35. The first-order valence-electron chi connectivity index (χ1n) is 11.4. The van der Waals surface area contributed by atoms with Gasteiger partial charge in [-0.1, -0.05) is 12.1 Å². The lowest BCUT2D eigenvalue weighted by atomic mass is 10.1. The number of primary amides is 1. The SMILES string of the molecule is NCC(CCC(N)=O)NCc1nc2ccccc2n1-c1ccc(Oc2ccc(C(F)(F)F)cc2)cc1. The third-order valence-corrected chi connectivity index (χ3v) is 5.72. The maximum Gasteiger partial charge on any atom is 0.416 e. The van der Waals surface area contributed by atoms with E-state index in [1.807, 2.05) is 41.0 Å². The fraction of sp³-hybridized carbons (Fsp3) is 0.231. The number of halogens is 3. The molecule has 0 aliphatic rings. The van der Waals surface area contributed by atoms with Crippen LogP contribution in [0.3, 0.4) is 0 Å². The predicted octanol–water partition coefficient (Wildman–Crippen LogP) is 4.52. The lowest BCUT2D eigenvalue weighted by molar-refractivity contribution is -0.137. The van der Waals surface area contributed by atoms with E-state index in [9.17, 15) is 18.0 Å². The molecule has 1 aromatic heterocycles. The first-order valence-corrected chi connectivity index (χ1v) is 11.4. The molecule has 5 N–H and O–H groups in total. The topological polar surface area (TPSA) is 108 Å². The van der Waals surface area contributed by atoms with E-state index < -0.39 is 11.7 Å². The number of nitrogens with two attached hydrogens (primary N) is 2. The number of rotatable bonds is 10. The molecule has 1 heterocycles. The molecule has 1 atom stereocenters. The van der Waals surface area contributed by atoms with Crippen LogP contribution in [0.1, 0.15) is 24.2 Å². The Morgan fingerprint density at radius 3 is 2.25 bits per heavy atom. The lowest BCUT2D eigenvalue weighted by Gasteiger charge is -2.17. The second kappa shape index (κ2) is 10.8. The van der Waals surface area contributed by atoms with Gasteiger partial charge in [-0.3, -0.25) is 9.36 Å². The highest BCUT2D eigenvalue weighted by atomic mass is 19.4. The summed E-state index contributed by atoms with van der Waals surface area (Å²) in [6.45, 7) is 0.766. The van der Waals surface area contributed by atoms with Crippen LogP contribution < -0.4 is 21.5 Å². The Morgan fingerprint density at radius 2 is 1.64 bits per heavy atom. The van der Waals surface area contributed by atoms with Crippen molar-refractivity contribution in [2.75, 3.05) is 6.54 Å². The van der Waals surface area contributed by atoms with E-state index in [0.717, 1.165) is 34.7 Å². The number of benzene rings is 3. The molecule has 4 rings (SSSR count). The lowest BCUT2D eigenvalue weighted by Crippen LogP contribution is -2.37. The maximum absolute atomic E-state index is 12.8. The van der Waals surface area contributed by atoms with Crippen molar-refractivity contribution < 1.29 is 22.7 Å². The van der Waals surface area contributed by atoms with Gasteiger partial charge >= 0.3 is 6.18 Å². The Balaban J connectivity index is 1.54. The average Bonchev–Trinajstić information content (AvgIpc) is 3.23. The van der Waals surface area contributed by atoms with Crippen LogP contribution in [-0.4, -0.2) is 28.0 Å². The van der Waals surface area contributed by atoms with Crippen molar-refractivity contribution in [2.24, 2.45) is 11.5 Å². The van der Waals surface area contributed by atoms with E-state index in [0.29, 0.717) is 31.0 Å². The van der Waals surface area contributed by atoms with Crippen molar-refractivity contribution in [3.8, 4) is 17.2 Å². The van der Waals surface area contributed by atoms with E-state index >= 15 is 0 Å². The summed E-state index contributed by atoms with van der Waals surface area (Å²) in [5.74, 6) is 1.17. The van der Waals surface area contributed by atoms with Crippen LogP contribution >= 0.6 is 0 Å². The molecule has 0 saturated heterocycles. The quantitative estimate of drug-likeness (QED) is 0.299. The van der Waals surface area contributed by atoms with E-state index in [-0.39, 0.29) is 18.4 Å². The number of hydrogen-bond donors (Lipinski definition) is 3. The molecule has 0 aliphatic carbocycles. The largest absolute Gasteiger partial charge is 0.457 e. The van der Waals surface area contributed by atoms with Crippen molar-refractivity contribution in [3.63, 3.8) is 0 Å². The monoisotopic (exact) mass is 497 g/mol. The molecule has 10 heteroatoms. The number of amides is 1. The minimum absolute atomic E-state index is 0.0923. The number of carbonyl (C=O) groups is 1. The van der Waals surface area contributed by atoms with Crippen LogP contribution in [-0.2, 0) is 17.5 Å². The van der Waals surface area contributed by atoms with Gasteiger partial charge in [0, 0.05) is 24.7 Å². The molecule has 3 aromatic carbocycles. The fourth-order valence-corrected chi connectivity index (χ4v) is 3.85. The summed E-state index contributed by atoms with van der Waals surface area (Å²) in [6.07, 6.45) is -3.62. The molecule has 1 unspecified atom stereocenters. The minimum Gasteiger partial charge on any atom is -0.457 e. The molecule has 7 nitrogen and oxygen atoms in total. The van der Waals surface area contributed by atoms with Crippen LogP contribution in [0.4, 0.5) is 13.2 Å². The standard InChI is InChI=1S/C26H26F3N5O2/c27-26(28,29)17-5-10-20(11-6-17)36-21-12-8-19(9-13-21)34-23-4-2-1-3-22(23)33-25(34)16-32-18(15-30)7-14-24(31)35/h1-6,8-13,18,32H,7,14-16,30H2,(H2,31,35). The summed E-state index contributed by atoms with van der Waals surface area (Å²) in [6, 6.07) is 19.4. The first-order chi connectivity index (χ1) is 17.2. The normalized spacial score (nSPS) is 12.6. The molecular weight excluding hydrogens is 471 g/mol. The molecule has 0 aliphatic heterocycles. The zero-order chi connectivity index (χ0) is 25.7. The number of ether oxygens (including phenoxy) is 1. The molecule has 0 saturated carbocycles. The second-order valence-electron chi connectivity index (χ2n) is 8.29. The Labute approximate surface area is 205 Å². The number of fused-ring (bicyclic) bond motifs is 1. The summed E-state index contributed by atoms with van der Waals surface area (Å²) >= 11 is 0. The summed E-state index contributed by atoms with van der Waals surface area (Å²) in [5.41, 5.74) is 12.9. The van der Waals surface area contributed by atoms with E-state index in [1.165, 1.54) is 12.1 Å². The molecule has 0 spiro atoms. The van der Waals surface area contributed by atoms with Gasteiger partial charge in [-0.25, -0.2) is 4.98 Å². The number of para-hydroxylation sites is 2. The maximum atomic E-state index is 12.8. The zero-order valence-electron chi connectivity index (χ0n) is 19.3. The first kappa shape index (κ1) is 25.2. The smallest absolute Gasteiger partial charge is 0.416 e. The molecular formula is C26H26F3N5O2. The molecule has 1 amide bonds. The summed E-state index contributed by atoms with van der Waals surface area (Å²) in [4.78, 5) is 15.9. The van der Waals surface area contributed by atoms with Gasteiger partial charge in [0.05, 0.1) is 23.1 Å². The summed E-state index contributed by atoms with van der Waals surface area (Å²) in [7, 11) is 0. The second-order valence-corrected chi connectivity index (χ2v) is 8.29. The van der Waals surface area contributed by atoms with Gasteiger partial charge < -0.3 is 21.5 Å². The Hall–Kier alpha value is -3.89. The zero-order valence-corrected chi connectivity index (χ0v) is 19.3. The third kappa shape index (κ3) is 6.02. The van der Waals surface area contributed by atoms with Crippen LogP contribution in [0.25, 0.3) is 16.7 Å². The highest BCUT2D eigenvalue weighted by Crippen LogP contribution is 2.32. The number of aromatic nitrogens is 2. The van der Waals surface area contributed by atoms with E-state index in [4.69, 9.17) is 21.2 Å². The molecule has 0 bridgehead atoms. The van der Waals surface area contributed by atoms with Crippen molar-refractivity contribution in [1.29, 1.82) is 0 Å². The molecule has 0 fully saturated rings. The van der Waals surface area contributed by atoms with Gasteiger partial charge in [-0.2, -0.15) is 13.2 Å². The van der Waals surface area contributed by atoms with Crippen molar-refractivity contribution in [1.82, 2.24) is 14.9 Å². The molecule has 0 radical (unpaired) electrons. The van der Waals surface area contributed by atoms with E-state index in [2.05, 4.69) is 5.32 Å². The van der Waals surface area contributed by atoms with Gasteiger partial charge in [0.25, 0.3) is 0 Å². The van der Waals surface area contributed by atoms with Crippen LogP contribution in [0.5, 0.6) is 11.5 Å². The number of nitrogens with zero attached hydrogens (tertiary/aromatic N) is 2. The van der Waals surface area contributed by atoms with Crippen LogP contribution in [0.2, 0.25) is 0 Å². The highest BCUT2D eigenvalue weighted by Gasteiger charge is 2.30. The Morgan fingerprint density at radius 1 is 1.00 bits per heavy atom. The highest BCUT2D eigenvalue weighted by molar-refractivity contribution is 5.78. The third-order valence-electron chi connectivity index (χ3n) is 5.72. The molecule has 188 valence electrons. The molecule has 36 heavy (non-hydrogen) atoms. The van der Waals surface area contributed by atoms with E-state index in [1.54, 1.807) is 12.1 Å². The number of nitrogens with one attached hydrogen (secondary N) is 1. The predicted molar refractivity (Wildman–Crippen MR) is 131 cm³/mol. The van der Waals surface area contributed by atoms with Crippen LogP contribution in [0, 0.1) is 0 Å². The number of imidazole rings is 1. The number of hydrogen-bond acceptors (Lipinski definition) is 5. The van der Waals surface area contributed by atoms with Gasteiger partial charge in [0.1, 0.15) is 17.3 Å². The number of alkyl halides is 3. The fourth-order valence-electron chi connectivity index (χ4n) is 3.85. The van der Waals surface area contributed by atoms with Gasteiger partial charge in [-0.15, -0.1) is 0 Å². The molecule has 4 aromatic rings. The minimum atomic E-state index is -4.40. The van der Waals surface area contributed by atoms with Gasteiger partial charge in [0.2, 0.25) is 5.91 Å². The van der Waals surface area contributed by atoms with Crippen molar-refractivity contribution >= 4 is 16.9 Å².